The van der Waals surface area contributed by atoms with Crippen molar-refractivity contribution in [2.45, 2.75) is 26.3 Å². The van der Waals surface area contributed by atoms with Gasteiger partial charge in [0.2, 0.25) is 0 Å². The topological polar surface area (TPSA) is 101 Å². The maximum absolute atomic E-state index is 9.55. The van der Waals surface area contributed by atoms with Crippen molar-refractivity contribution in [2.24, 2.45) is 5.73 Å². The van der Waals surface area contributed by atoms with Crippen molar-refractivity contribution in [3.05, 3.63) is 12.2 Å². The van der Waals surface area contributed by atoms with Crippen LogP contribution in [0, 0.1) is 0 Å². The van der Waals surface area contributed by atoms with Gasteiger partial charge in [0.15, 0.2) is 0 Å². The molecule has 0 aromatic carbocycles. The van der Waals surface area contributed by atoms with E-state index in [0.717, 1.165) is 0 Å². The molecule has 0 aliphatic carbocycles. The summed E-state index contributed by atoms with van der Waals surface area (Å²) in [7, 11) is 0. The summed E-state index contributed by atoms with van der Waals surface area (Å²) in [5.74, 6) is -2.51. The third kappa shape index (κ3) is 59.9. The predicted octanol–water partition coefficient (Wildman–Crippen LogP) is 0.455. The van der Waals surface area contributed by atoms with Crippen LogP contribution in [-0.2, 0) is 9.59 Å². The first-order chi connectivity index (χ1) is 5.63. The van der Waals surface area contributed by atoms with E-state index in [9.17, 15) is 9.59 Å². The second-order valence-electron chi connectivity index (χ2n) is 3.38. The number of aliphatic carboxylic acids is 2. The highest BCUT2D eigenvalue weighted by Crippen LogP contribution is 1.88. The van der Waals surface area contributed by atoms with Crippen molar-refractivity contribution in [1.82, 2.24) is 0 Å². The molecule has 5 heteroatoms. The van der Waals surface area contributed by atoms with Crippen LogP contribution in [0.1, 0.15) is 20.8 Å². The van der Waals surface area contributed by atoms with Gasteiger partial charge in [-0.2, -0.15) is 0 Å². The average Bonchev–Trinajstić information content (AvgIpc) is 1.79. The third-order valence-electron chi connectivity index (χ3n) is 0.368. The Kier molecular flexibility index (Phi) is 6.75. The molecule has 0 aliphatic heterocycles. The van der Waals surface area contributed by atoms with Crippen molar-refractivity contribution < 1.29 is 19.8 Å². The number of rotatable bonds is 2. The van der Waals surface area contributed by atoms with Crippen LogP contribution in [0.25, 0.3) is 0 Å². The molecule has 0 aromatic heterocycles. The molecular formula is C8H15NO4. The second-order valence-corrected chi connectivity index (χ2v) is 3.38. The Morgan fingerprint density at radius 1 is 1.08 bits per heavy atom. The minimum absolute atomic E-state index is 0. The third-order valence-corrected chi connectivity index (χ3v) is 0.368. The molecular weight excluding hydrogens is 174 g/mol. The number of carboxylic acid groups (broad SMARTS) is 2. The molecule has 4 N–H and O–H groups in total. The normalized spacial score (nSPS) is 10.5. The Balaban J connectivity index is 0. The lowest BCUT2D eigenvalue weighted by atomic mass is 10.1. The zero-order valence-electron chi connectivity index (χ0n) is 7.94. The van der Waals surface area contributed by atoms with Gasteiger partial charge in [-0.1, -0.05) is 0 Å². The Morgan fingerprint density at radius 3 is 1.31 bits per heavy atom. The fourth-order valence-electron chi connectivity index (χ4n) is 0.143. The second kappa shape index (κ2) is 6.19. The number of nitrogens with two attached hydrogens (primary N) is 1. The van der Waals surface area contributed by atoms with Crippen LogP contribution >= 0.6 is 0 Å². The molecule has 0 bridgehead atoms. The fourth-order valence-corrected chi connectivity index (χ4v) is 0.143. The maximum Gasteiger partial charge on any atom is 0.328 e. The first-order valence-electron chi connectivity index (χ1n) is 3.55. The highest BCUT2D eigenvalue weighted by atomic mass is 16.4. The standard InChI is InChI=1S/C4H11N.C4H4O4/c1-4(2,3)5;5-3(6)1-2-4(7)8/h5H2,1-3H3;1-2H,(H,5,6)(H,7,8). The zero-order valence-corrected chi connectivity index (χ0v) is 7.94. The molecule has 0 rings (SSSR count). The van der Waals surface area contributed by atoms with Crippen LogP contribution in [0.3, 0.4) is 0 Å². The molecule has 0 saturated carbocycles. The maximum atomic E-state index is 9.55. The molecule has 0 heterocycles. The van der Waals surface area contributed by atoms with Crippen molar-refractivity contribution in [1.29, 1.82) is 0 Å². The van der Waals surface area contributed by atoms with Gasteiger partial charge in [0, 0.05) is 17.7 Å². The molecule has 0 unspecified atom stereocenters. The molecule has 76 valence electrons. The summed E-state index contributed by atoms with van der Waals surface area (Å²) >= 11 is 0. The molecule has 0 atom stereocenters. The van der Waals surface area contributed by atoms with Gasteiger partial charge in [0.25, 0.3) is 0 Å². The summed E-state index contributed by atoms with van der Waals surface area (Å²) in [6.07, 6.45) is 1.12. The van der Waals surface area contributed by atoms with Gasteiger partial charge in [0.05, 0.1) is 0 Å². The van der Waals surface area contributed by atoms with E-state index < -0.39 is 11.9 Å². The molecule has 0 spiro atoms. The number of hydrogen-bond acceptors (Lipinski definition) is 3. The Labute approximate surface area is 76.9 Å². The quantitative estimate of drug-likeness (QED) is 0.548. The van der Waals surface area contributed by atoms with Gasteiger partial charge in [-0.25, -0.2) is 9.59 Å². The van der Waals surface area contributed by atoms with Gasteiger partial charge < -0.3 is 15.9 Å². The summed E-state index contributed by atoms with van der Waals surface area (Å²) in [5, 5.41) is 15.6. The van der Waals surface area contributed by atoms with Crippen LogP contribution in [0.15, 0.2) is 12.2 Å². The van der Waals surface area contributed by atoms with Crippen LogP contribution < -0.4 is 5.73 Å². The first-order valence-corrected chi connectivity index (χ1v) is 3.55. The molecule has 13 heavy (non-hydrogen) atoms. The summed E-state index contributed by atoms with van der Waals surface area (Å²) in [4.78, 5) is 19.1. The van der Waals surface area contributed by atoms with Crippen LogP contribution in [0.2, 0.25) is 0 Å². The van der Waals surface area contributed by atoms with E-state index in [1.807, 2.05) is 20.8 Å². The molecule has 5 nitrogen and oxygen atoms in total. The van der Waals surface area contributed by atoms with Crippen LogP contribution in [-0.4, -0.2) is 27.7 Å². The first kappa shape index (κ1) is 14.2. The highest BCUT2D eigenvalue weighted by Gasteiger charge is 1.95. The zero-order chi connectivity index (χ0) is 11.1. The van der Waals surface area contributed by atoms with Crippen molar-refractivity contribution >= 4 is 11.9 Å². The highest BCUT2D eigenvalue weighted by molar-refractivity contribution is 5.89. The van der Waals surface area contributed by atoms with Gasteiger partial charge >= 0.3 is 11.9 Å². The van der Waals surface area contributed by atoms with E-state index in [0.29, 0.717) is 12.2 Å². The Bertz CT molecular complexity index is 181. The molecule has 0 fully saturated rings. The largest absolute Gasteiger partial charge is 0.478 e. The van der Waals surface area contributed by atoms with Crippen molar-refractivity contribution in [3.63, 3.8) is 0 Å². The fraction of sp³-hybridized carbons (Fsp3) is 0.500. The molecule has 0 aromatic rings. The predicted molar refractivity (Wildman–Crippen MR) is 48.4 cm³/mol. The van der Waals surface area contributed by atoms with E-state index in [-0.39, 0.29) is 5.54 Å². The number of carboxylic acids is 2. The molecule has 0 amide bonds. The van der Waals surface area contributed by atoms with Gasteiger partial charge in [0.1, 0.15) is 0 Å². The lowest BCUT2D eigenvalue weighted by Crippen LogP contribution is -2.26. The Morgan fingerprint density at radius 2 is 1.23 bits per heavy atom. The Hall–Kier alpha value is -1.36. The van der Waals surface area contributed by atoms with Crippen LogP contribution in [0.4, 0.5) is 0 Å². The summed E-state index contributed by atoms with van der Waals surface area (Å²) in [5.41, 5.74) is 5.35. The summed E-state index contributed by atoms with van der Waals surface area (Å²) in [6.45, 7) is 5.90. The van der Waals surface area contributed by atoms with Gasteiger partial charge in [-0.3, -0.25) is 0 Å². The monoisotopic (exact) mass is 189 g/mol. The number of carbonyl (C=O) groups is 2. The summed E-state index contributed by atoms with van der Waals surface area (Å²) < 4.78 is 0. The minimum atomic E-state index is -1.26. The number of hydrogen-bond donors (Lipinski definition) is 3. The van der Waals surface area contributed by atoms with E-state index in [1.54, 1.807) is 0 Å². The van der Waals surface area contributed by atoms with E-state index in [4.69, 9.17) is 15.9 Å². The van der Waals surface area contributed by atoms with Gasteiger partial charge in [-0.15, -0.1) is 0 Å². The van der Waals surface area contributed by atoms with E-state index in [2.05, 4.69) is 0 Å². The molecule has 0 saturated heterocycles. The van der Waals surface area contributed by atoms with E-state index in [1.165, 1.54) is 0 Å². The molecule has 0 radical (unpaired) electrons. The SMILES string of the molecule is CC(C)(C)N.O=C(O)C=CC(=O)O. The summed E-state index contributed by atoms with van der Waals surface area (Å²) in [6, 6.07) is 0. The van der Waals surface area contributed by atoms with Crippen LogP contribution in [0.5, 0.6) is 0 Å². The van der Waals surface area contributed by atoms with E-state index >= 15 is 0 Å². The lowest BCUT2D eigenvalue weighted by molar-refractivity contribution is -0.134. The molecule has 0 aliphatic rings. The average molecular weight is 189 g/mol. The van der Waals surface area contributed by atoms with Gasteiger partial charge in [-0.05, 0) is 20.8 Å². The van der Waals surface area contributed by atoms with Crippen molar-refractivity contribution in [3.8, 4) is 0 Å². The van der Waals surface area contributed by atoms with Crippen molar-refractivity contribution in [2.75, 3.05) is 0 Å². The lowest BCUT2D eigenvalue weighted by Gasteiger charge is -2.06. The smallest absolute Gasteiger partial charge is 0.328 e. The minimum Gasteiger partial charge on any atom is -0.478 e.